The van der Waals surface area contributed by atoms with E-state index in [0.29, 0.717) is 6.54 Å². The number of amides is 2. The van der Waals surface area contributed by atoms with Gasteiger partial charge in [-0.3, -0.25) is 4.90 Å². The van der Waals surface area contributed by atoms with Gasteiger partial charge in [0.2, 0.25) is 0 Å². The van der Waals surface area contributed by atoms with Gasteiger partial charge in [-0.05, 0) is 46.0 Å². The third kappa shape index (κ3) is 5.39. The van der Waals surface area contributed by atoms with E-state index in [-0.39, 0.29) is 17.6 Å². The summed E-state index contributed by atoms with van der Waals surface area (Å²) in [5.41, 5.74) is 0.0112. The predicted octanol–water partition coefficient (Wildman–Crippen LogP) is 2.45. The van der Waals surface area contributed by atoms with Gasteiger partial charge in [-0.2, -0.15) is 0 Å². The highest BCUT2D eigenvalue weighted by Gasteiger charge is 2.32. The van der Waals surface area contributed by atoms with E-state index in [0.717, 1.165) is 24.9 Å². The first-order valence-corrected chi connectivity index (χ1v) is 7.50. The highest BCUT2D eigenvalue weighted by atomic mass is 16.2. The Kier molecular flexibility index (Phi) is 5.65. The molecule has 0 aromatic carbocycles. The third-order valence-electron chi connectivity index (χ3n) is 3.83. The lowest BCUT2D eigenvalue weighted by Crippen LogP contribution is -2.57. The monoisotopic (exact) mass is 269 g/mol. The van der Waals surface area contributed by atoms with Crippen LogP contribution >= 0.6 is 0 Å². The molecule has 0 saturated carbocycles. The lowest BCUT2D eigenvalue weighted by Gasteiger charge is -2.45. The molecule has 1 heterocycles. The maximum atomic E-state index is 11.7. The zero-order valence-corrected chi connectivity index (χ0v) is 13.4. The number of urea groups is 1. The minimum absolute atomic E-state index is 0.0112. The van der Waals surface area contributed by atoms with E-state index in [1.54, 1.807) is 0 Å². The molecule has 2 atom stereocenters. The summed E-state index contributed by atoms with van der Waals surface area (Å²) in [7, 11) is 0. The Morgan fingerprint density at radius 1 is 1.26 bits per heavy atom. The number of carbonyl (C=O) groups excluding carboxylic acids is 1. The lowest BCUT2D eigenvalue weighted by molar-refractivity contribution is 0.0472. The van der Waals surface area contributed by atoms with Crippen molar-refractivity contribution >= 4 is 6.03 Å². The van der Waals surface area contributed by atoms with Crippen LogP contribution in [0.15, 0.2) is 0 Å². The smallest absolute Gasteiger partial charge is 0.315 e. The van der Waals surface area contributed by atoms with Gasteiger partial charge in [0.15, 0.2) is 0 Å². The molecule has 0 spiro atoms. The van der Waals surface area contributed by atoms with Gasteiger partial charge in [0.1, 0.15) is 0 Å². The Morgan fingerprint density at radius 2 is 1.79 bits per heavy atom. The molecule has 0 radical (unpaired) electrons. The number of nitrogens with zero attached hydrogens (tertiary/aromatic N) is 1. The number of nitrogens with one attached hydrogen (secondary N) is 2. The minimum atomic E-state index is -0.0684. The molecule has 2 amide bonds. The van der Waals surface area contributed by atoms with E-state index < -0.39 is 0 Å². The maximum absolute atomic E-state index is 11.7. The van der Waals surface area contributed by atoms with Crippen molar-refractivity contribution in [1.82, 2.24) is 15.5 Å². The van der Waals surface area contributed by atoms with E-state index in [2.05, 4.69) is 43.2 Å². The molecule has 1 rings (SSSR count). The average molecular weight is 269 g/mol. The fraction of sp³-hybridized carbons (Fsp3) is 0.933. The van der Waals surface area contributed by atoms with Crippen molar-refractivity contribution in [3.8, 4) is 0 Å². The second-order valence-corrected chi connectivity index (χ2v) is 7.15. The highest BCUT2D eigenvalue weighted by molar-refractivity contribution is 5.74. The summed E-state index contributed by atoms with van der Waals surface area (Å²) in [6.45, 7) is 16.0. The van der Waals surface area contributed by atoms with Crippen molar-refractivity contribution in [1.29, 1.82) is 0 Å². The number of hydrogen-bond acceptors (Lipinski definition) is 2. The fourth-order valence-electron chi connectivity index (χ4n) is 2.88. The molecule has 0 unspecified atom stereocenters. The van der Waals surface area contributed by atoms with Gasteiger partial charge in [0, 0.05) is 31.2 Å². The summed E-state index contributed by atoms with van der Waals surface area (Å²) in [6, 6.07) is 0.110. The van der Waals surface area contributed by atoms with Gasteiger partial charge in [-0.25, -0.2) is 4.79 Å². The normalized spacial score (nSPS) is 25.4. The van der Waals surface area contributed by atoms with E-state index >= 15 is 0 Å². The second-order valence-electron chi connectivity index (χ2n) is 7.15. The van der Waals surface area contributed by atoms with Gasteiger partial charge in [-0.15, -0.1) is 0 Å². The number of piperidine rings is 1. The molecular weight excluding hydrogens is 238 g/mol. The SMILES string of the molecule is CC(C)NC(=O)NCC(C)(C)N1C[C@@H](C)C[C@H](C)C1. The maximum Gasteiger partial charge on any atom is 0.315 e. The summed E-state index contributed by atoms with van der Waals surface area (Å²) in [5, 5.41) is 5.86. The zero-order valence-electron chi connectivity index (χ0n) is 13.4. The summed E-state index contributed by atoms with van der Waals surface area (Å²) >= 11 is 0. The lowest BCUT2D eigenvalue weighted by atomic mass is 9.88. The van der Waals surface area contributed by atoms with Crippen LogP contribution in [-0.4, -0.2) is 42.1 Å². The van der Waals surface area contributed by atoms with Gasteiger partial charge in [0.05, 0.1) is 0 Å². The first kappa shape index (κ1) is 16.3. The largest absolute Gasteiger partial charge is 0.336 e. The summed E-state index contributed by atoms with van der Waals surface area (Å²) in [6.07, 6.45) is 1.31. The number of hydrogen-bond donors (Lipinski definition) is 2. The number of rotatable bonds is 4. The molecule has 0 aromatic rings. The summed E-state index contributed by atoms with van der Waals surface area (Å²) in [5.74, 6) is 1.49. The number of carbonyl (C=O) groups is 1. The second kappa shape index (κ2) is 6.60. The highest BCUT2D eigenvalue weighted by Crippen LogP contribution is 2.26. The quantitative estimate of drug-likeness (QED) is 0.823. The molecule has 4 nitrogen and oxygen atoms in total. The molecule has 4 heteroatoms. The van der Waals surface area contributed by atoms with Crippen molar-refractivity contribution in [3.05, 3.63) is 0 Å². The average Bonchev–Trinajstić information content (AvgIpc) is 2.24. The number of likely N-dealkylation sites (tertiary alicyclic amines) is 1. The van der Waals surface area contributed by atoms with Crippen LogP contribution in [0.25, 0.3) is 0 Å². The van der Waals surface area contributed by atoms with Gasteiger partial charge in [-0.1, -0.05) is 13.8 Å². The first-order valence-electron chi connectivity index (χ1n) is 7.50. The molecule has 112 valence electrons. The van der Waals surface area contributed by atoms with E-state index in [1.165, 1.54) is 6.42 Å². The summed E-state index contributed by atoms with van der Waals surface area (Å²) < 4.78 is 0. The van der Waals surface area contributed by atoms with Crippen molar-refractivity contribution in [2.24, 2.45) is 11.8 Å². The molecule has 1 saturated heterocycles. The molecule has 0 aliphatic carbocycles. The zero-order chi connectivity index (χ0) is 14.6. The van der Waals surface area contributed by atoms with Gasteiger partial charge >= 0.3 is 6.03 Å². The van der Waals surface area contributed by atoms with E-state index in [1.807, 2.05) is 13.8 Å². The fourth-order valence-corrected chi connectivity index (χ4v) is 2.88. The Balaban J connectivity index is 2.48. The minimum Gasteiger partial charge on any atom is -0.336 e. The Bertz CT molecular complexity index is 292. The van der Waals surface area contributed by atoms with Crippen molar-refractivity contribution in [2.45, 2.75) is 59.5 Å². The topological polar surface area (TPSA) is 44.4 Å². The molecule has 1 aliphatic rings. The Labute approximate surface area is 118 Å². The molecular formula is C15H31N3O. The van der Waals surface area contributed by atoms with Crippen LogP contribution in [0.4, 0.5) is 4.79 Å². The molecule has 1 fully saturated rings. The Hall–Kier alpha value is -0.770. The molecule has 2 N–H and O–H groups in total. The molecule has 0 aromatic heterocycles. The Morgan fingerprint density at radius 3 is 2.26 bits per heavy atom. The van der Waals surface area contributed by atoms with E-state index in [9.17, 15) is 4.79 Å². The summed E-state index contributed by atoms with van der Waals surface area (Å²) in [4.78, 5) is 14.2. The van der Waals surface area contributed by atoms with Crippen LogP contribution in [0.1, 0.15) is 48.0 Å². The van der Waals surface area contributed by atoms with Crippen LogP contribution in [0.5, 0.6) is 0 Å². The van der Waals surface area contributed by atoms with Crippen LogP contribution in [0.3, 0.4) is 0 Å². The van der Waals surface area contributed by atoms with Crippen LogP contribution in [0.2, 0.25) is 0 Å². The first-order chi connectivity index (χ1) is 8.70. The van der Waals surface area contributed by atoms with Crippen molar-refractivity contribution < 1.29 is 4.79 Å². The molecule has 19 heavy (non-hydrogen) atoms. The van der Waals surface area contributed by atoms with Crippen LogP contribution in [0, 0.1) is 11.8 Å². The van der Waals surface area contributed by atoms with E-state index in [4.69, 9.17) is 0 Å². The van der Waals surface area contributed by atoms with Gasteiger partial charge in [0.25, 0.3) is 0 Å². The molecule has 1 aliphatic heterocycles. The molecule has 0 bridgehead atoms. The standard InChI is InChI=1S/C15H31N3O/c1-11(2)17-14(19)16-10-15(5,6)18-8-12(3)7-13(4)9-18/h11-13H,7-10H2,1-6H3,(H2,16,17,19)/t12-,13-/m0/s1. The third-order valence-corrected chi connectivity index (χ3v) is 3.83. The van der Waals surface area contributed by atoms with Crippen molar-refractivity contribution in [2.75, 3.05) is 19.6 Å². The predicted molar refractivity (Wildman–Crippen MR) is 80.3 cm³/mol. The van der Waals surface area contributed by atoms with Crippen LogP contribution in [-0.2, 0) is 0 Å². The van der Waals surface area contributed by atoms with Crippen molar-refractivity contribution in [3.63, 3.8) is 0 Å². The van der Waals surface area contributed by atoms with Crippen LogP contribution < -0.4 is 10.6 Å². The van der Waals surface area contributed by atoms with Gasteiger partial charge < -0.3 is 10.6 Å².